The quantitative estimate of drug-likeness (QED) is 0.202. The molecule has 0 aromatic heterocycles. The van der Waals surface area contributed by atoms with E-state index in [0.29, 0.717) is 37.5 Å². The number of hydrogen-bond donors (Lipinski definition) is 2. The van der Waals surface area contributed by atoms with E-state index in [1.807, 2.05) is 12.1 Å². The van der Waals surface area contributed by atoms with Gasteiger partial charge in [-0.3, -0.25) is 0 Å². The van der Waals surface area contributed by atoms with E-state index in [9.17, 15) is 9.90 Å². The number of alkyl carbamates (subject to hydrolysis) is 1. The van der Waals surface area contributed by atoms with Gasteiger partial charge in [0.15, 0.2) is 0 Å². The van der Waals surface area contributed by atoms with Gasteiger partial charge in [-0.1, -0.05) is 93.0 Å². The van der Waals surface area contributed by atoms with E-state index in [2.05, 4.69) is 80.6 Å². The number of nitrogens with zero attached hydrogens (tertiary/aromatic N) is 1. The number of hydrogen-bond acceptors (Lipinski definition) is 5. The van der Waals surface area contributed by atoms with Crippen LogP contribution in [0.15, 0.2) is 65.3 Å². The SMILES string of the molecule is CC1(C)C2=CC[C@H]3[C@@H]4CC[C@H](O)[C@@]4(C)CC[C@@H]3[C@@]2(C)CC/C1=N/OCCNC(=O)OCC1c2ccccc2-c2ccccc21. The number of aliphatic hydroxyl groups is 1. The Morgan fingerprint density at radius 1 is 0.955 bits per heavy atom. The van der Waals surface area contributed by atoms with Crippen LogP contribution in [0.25, 0.3) is 11.1 Å². The Bertz CT molecular complexity index is 1450. The van der Waals surface area contributed by atoms with E-state index in [1.165, 1.54) is 40.7 Å². The molecule has 0 spiro atoms. The Hall–Kier alpha value is -3.12. The van der Waals surface area contributed by atoms with Gasteiger partial charge in [0.05, 0.1) is 18.4 Å². The second-order valence-corrected chi connectivity index (χ2v) is 15.0. The fraction of sp³-hybridized carbons (Fsp3) is 0.579. The smallest absolute Gasteiger partial charge is 0.407 e. The summed E-state index contributed by atoms with van der Waals surface area (Å²) >= 11 is 0. The molecule has 5 aliphatic rings. The van der Waals surface area contributed by atoms with Crippen molar-refractivity contribution in [1.82, 2.24) is 5.32 Å². The lowest BCUT2D eigenvalue weighted by Crippen LogP contribution is -2.54. The van der Waals surface area contributed by atoms with E-state index >= 15 is 0 Å². The van der Waals surface area contributed by atoms with Crippen LogP contribution in [0.5, 0.6) is 0 Å². The second kappa shape index (κ2) is 11.0. The maximum atomic E-state index is 12.6. The van der Waals surface area contributed by atoms with Crippen molar-refractivity contribution in [3.63, 3.8) is 0 Å². The molecule has 0 radical (unpaired) electrons. The normalized spacial score (nSPS) is 34.2. The van der Waals surface area contributed by atoms with Crippen molar-refractivity contribution >= 4 is 11.8 Å². The lowest BCUT2D eigenvalue weighted by molar-refractivity contribution is -0.0670. The molecular formula is C38H48N2O4. The molecule has 3 fully saturated rings. The fourth-order valence-electron chi connectivity index (χ4n) is 10.3. The van der Waals surface area contributed by atoms with Gasteiger partial charge in [-0.2, -0.15) is 0 Å². The van der Waals surface area contributed by atoms with Crippen molar-refractivity contribution in [3.8, 4) is 11.1 Å². The zero-order valence-corrected chi connectivity index (χ0v) is 26.8. The summed E-state index contributed by atoms with van der Waals surface area (Å²) < 4.78 is 5.66. The van der Waals surface area contributed by atoms with Gasteiger partial charge in [0.2, 0.25) is 0 Å². The molecule has 0 heterocycles. The number of nitrogens with one attached hydrogen (secondary N) is 1. The number of rotatable bonds is 6. The van der Waals surface area contributed by atoms with Crippen LogP contribution >= 0.6 is 0 Å². The van der Waals surface area contributed by atoms with E-state index in [0.717, 1.165) is 37.8 Å². The summed E-state index contributed by atoms with van der Waals surface area (Å²) in [5.74, 6) is 2.03. The maximum Gasteiger partial charge on any atom is 0.407 e. The third-order valence-electron chi connectivity index (χ3n) is 12.7. The molecule has 2 aromatic rings. The van der Waals surface area contributed by atoms with Crippen LogP contribution in [0.2, 0.25) is 0 Å². The van der Waals surface area contributed by atoms with Crippen LogP contribution in [-0.4, -0.2) is 42.8 Å². The molecule has 1 amide bonds. The predicted octanol–water partition coefficient (Wildman–Crippen LogP) is 7.86. The minimum Gasteiger partial charge on any atom is -0.449 e. The summed E-state index contributed by atoms with van der Waals surface area (Å²) in [5.41, 5.74) is 7.58. The van der Waals surface area contributed by atoms with Crippen molar-refractivity contribution in [2.24, 2.45) is 39.2 Å². The number of amides is 1. The minimum absolute atomic E-state index is 0.0438. The van der Waals surface area contributed by atoms with Gasteiger partial charge in [0, 0.05) is 11.3 Å². The largest absolute Gasteiger partial charge is 0.449 e. The molecule has 234 valence electrons. The average molecular weight is 597 g/mol. The highest BCUT2D eigenvalue weighted by Crippen LogP contribution is 2.66. The van der Waals surface area contributed by atoms with Gasteiger partial charge >= 0.3 is 6.09 Å². The monoisotopic (exact) mass is 596 g/mol. The van der Waals surface area contributed by atoms with Crippen molar-refractivity contribution in [3.05, 3.63) is 71.3 Å². The first-order valence-corrected chi connectivity index (χ1v) is 16.8. The Morgan fingerprint density at radius 3 is 2.39 bits per heavy atom. The highest BCUT2D eigenvalue weighted by molar-refractivity contribution is 5.93. The zero-order chi connectivity index (χ0) is 30.7. The number of fused-ring (bicyclic) bond motifs is 8. The maximum absolute atomic E-state index is 12.6. The molecule has 6 nitrogen and oxygen atoms in total. The van der Waals surface area contributed by atoms with E-state index in [-0.39, 0.29) is 28.3 Å². The summed E-state index contributed by atoms with van der Waals surface area (Å²) in [6.45, 7) is 10.4. The number of benzene rings is 2. The summed E-state index contributed by atoms with van der Waals surface area (Å²) in [6, 6.07) is 16.7. The molecule has 6 atom stereocenters. The number of carbonyl (C=O) groups is 1. The third kappa shape index (κ3) is 4.62. The molecular weight excluding hydrogens is 548 g/mol. The molecule has 0 aliphatic heterocycles. The number of aliphatic hydroxyl groups excluding tert-OH is 1. The molecule has 0 unspecified atom stereocenters. The molecule has 5 aliphatic carbocycles. The van der Waals surface area contributed by atoms with Gasteiger partial charge in [-0.05, 0) is 95.8 Å². The summed E-state index contributed by atoms with van der Waals surface area (Å²) in [5, 5.41) is 18.3. The van der Waals surface area contributed by atoms with E-state index < -0.39 is 6.09 Å². The Labute approximate surface area is 262 Å². The first-order chi connectivity index (χ1) is 21.1. The number of carbonyl (C=O) groups excluding carboxylic acids is 1. The second-order valence-electron chi connectivity index (χ2n) is 15.0. The van der Waals surface area contributed by atoms with Crippen LogP contribution in [0.4, 0.5) is 4.79 Å². The summed E-state index contributed by atoms with van der Waals surface area (Å²) in [6.07, 6.45) is 9.59. The van der Waals surface area contributed by atoms with Crippen molar-refractivity contribution in [1.29, 1.82) is 0 Å². The Morgan fingerprint density at radius 2 is 1.66 bits per heavy atom. The van der Waals surface area contributed by atoms with Crippen LogP contribution in [0.1, 0.15) is 89.7 Å². The number of oxime groups is 1. The van der Waals surface area contributed by atoms with E-state index in [4.69, 9.17) is 9.57 Å². The lowest BCUT2D eigenvalue weighted by atomic mass is 9.45. The summed E-state index contributed by atoms with van der Waals surface area (Å²) in [4.78, 5) is 18.4. The van der Waals surface area contributed by atoms with Crippen molar-refractivity contribution in [2.45, 2.75) is 84.7 Å². The third-order valence-corrected chi connectivity index (χ3v) is 12.7. The zero-order valence-electron chi connectivity index (χ0n) is 26.8. The molecule has 2 aromatic carbocycles. The van der Waals surface area contributed by atoms with Crippen LogP contribution in [-0.2, 0) is 9.57 Å². The number of allylic oxidation sites excluding steroid dienone is 2. The predicted molar refractivity (Wildman–Crippen MR) is 173 cm³/mol. The highest BCUT2D eigenvalue weighted by Gasteiger charge is 2.60. The Balaban J connectivity index is 0.929. The fourth-order valence-corrected chi connectivity index (χ4v) is 10.3. The highest BCUT2D eigenvalue weighted by atomic mass is 16.6. The molecule has 0 bridgehead atoms. The minimum atomic E-state index is -0.433. The van der Waals surface area contributed by atoms with Gasteiger partial charge < -0.3 is 20.0 Å². The van der Waals surface area contributed by atoms with Crippen LogP contribution in [0.3, 0.4) is 0 Å². The average Bonchev–Trinajstić information content (AvgIpc) is 3.50. The molecule has 6 heteroatoms. The first-order valence-electron chi connectivity index (χ1n) is 16.8. The van der Waals surface area contributed by atoms with Crippen LogP contribution < -0.4 is 5.32 Å². The molecule has 3 saturated carbocycles. The molecule has 0 saturated heterocycles. The van der Waals surface area contributed by atoms with Crippen LogP contribution in [0, 0.1) is 34.0 Å². The number of ether oxygens (including phenoxy) is 1. The van der Waals surface area contributed by atoms with Crippen molar-refractivity contribution < 1.29 is 19.5 Å². The molecule has 44 heavy (non-hydrogen) atoms. The lowest BCUT2D eigenvalue weighted by Gasteiger charge is -2.60. The Kier molecular flexibility index (Phi) is 7.43. The standard InChI is InChI=1S/C38H48N2O4/c1-36(2)32-15-13-28-30-14-16-34(41)38(30,4)19-17-31(28)37(32,3)20-18-33(36)40-44-22-21-39-35(42)43-23-29-26-11-7-5-9-24(26)25-10-6-8-12-27(25)29/h5-12,15,28-31,34,41H,13-14,16-23H2,1-4H3,(H,39,42)/b40-33-/t28-,30-,31-,34-,37+,38-/m0/s1. The summed E-state index contributed by atoms with van der Waals surface area (Å²) in [7, 11) is 0. The topological polar surface area (TPSA) is 80.2 Å². The van der Waals surface area contributed by atoms with Crippen molar-refractivity contribution in [2.75, 3.05) is 19.8 Å². The van der Waals surface area contributed by atoms with Gasteiger partial charge in [-0.25, -0.2) is 4.79 Å². The van der Waals surface area contributed by atoms with Gasteiger partial charge in [-0.15, -0.1) is 0 Å². The first kappa shape index (κ1) is 29.6. The molecule has 7 rings (SSSR count). The van der Waals surface area contributed by atoms with Gasteiger partial charge in [0.25, 0.3) is 0 Å². The van der Waals surface area contributed by atoms with E-state index in [1.54, 1.807) is 0 Å². The molecule has 2 N–H and O–H groups in total. The van der Waals surface area contributed by atoms with Gasteiger partial charge in [0.1, 0.15) is 13.2 Å².